The molecule has 1 aliphatic heterocycles. The van der Waals surface area contributed by atoms with Crippen LogP contribution in [0.5, 0.6) is 0 Å². The van der Waals surface area contributed by atoms with Crippen molar-refractivity contribution in [3.8, 4) is 6.07 Å². The Morgan fingerprint density at radius 2 is 1.54 bits per heavy atom. The first kappa shape index (κ1) is 22.5. The minimum absolute atomic E-state index is 0.0873. The molecule has 170 valence electrons. The molecule has 35 heavy (non-hydrogen) atoms. The van der Waals surface area contributed by atoms with Gasteiger partial charge in [0, 0.05) is 16.8 Å². The highest BCUT2D eigenvalue weighted by atomic mass is 32.2. The summed E-state index contributed by atoms with van der Waals surface area (Å²) in [7, 11) is 0. The predicted octanol–water partition coefficient (Wildman–Crippen LogP) is 5.90. The smallest absolute Gasteiger partial charge is 0.269 e. The normalized spacial score (nSPS) is 16.7. The summed E-state index contributed by atoms with van der Waals surface area (Å²) in [5.74, 6) is -0.689. The van der Waals surface area contributed by atoms with Crippen molar-refractivity contribution in [1.82, 2.24) is 0 Å². The molecule has 6 heteroatoms. The average Bonchev–Trinajstić information content (AvgIpc) is 3.21. The fourth-order valence-corrected chi connectivity index (χ4v) is 5.45. The van der Waals surface area contributed by atoms with Crippen molar-refractivity contribution < 1.29 is 9.59 Å². The quantitative estimate of drug-likeness (QED) is 0.288. The maximum Gasteiger partial charge on any atom is 0.269 e. The maximum atomic E-state index is 13.5. The van der Waals surface area contributed by atoms with E-state index in [9.17, 15) is 14.9 Å². The molecule has 0 bridgehead atoms. The van der Waals surface area contributed by atoms with Gasteiger partial charge in [-0.3, -0.25) is 14.5 Å². The minimum Gasteiger partial charge on any atom is -0.321 e. The van der Waals surface area contributed by atoms with Crippen LogP contribution in [0.3, 0.4) is 0 Å². The monoisotopic (exact) mass is 475 g/mol. The topological polar surface area (TPSA) is 73.2 Å². The van der Waals surface area contributed by atoms with Gasteiger partial charge in [-0.15, -0.1) is 0 Å². The van der Waals surface area contributed by atoms with Gasteiger partial charge in [0.2, 0.25) is 5.91 Å². The molecule has 2 amide bonds. The van der Waals surface area contributed by atoms with Crippen molar-refractivity contribution in [2.45, 2.75) is 11.7 Å². The lowest BCUT2D eigenvalue weighted by molar-refractivity contribution is -0.117. The number of hydrogen-bond donors (Lipinski definition) is 1. The Bertz CT molecular complexity index is 1470. The number of nitriles is 1. The number of nitrogens with one attached hydrogen (secondary N) is 1. The molecule has 0 saturated carbocycles. The third-order valence-corrected chi connectivity index (χ3v) is 7.08. The molecule has 4 aromatic rings. The Hall–Kier alpha value is -4.34. The summed E-state index contributed by atoms with van der Waals surface area (Å²) in [5.41, 5.74) is 2.17. The predicted molar refractivity (Wildman–Crippen MR) is 141 cm³/mol. The summed E-state index contributed by atoms with van der Waals surface area (Å²) < 4.78 is 0. The van der Waals surface area contributed by atoms with Crippen molar-refractivity contribution in [3.63, 3.8) is 0 Å². The highest BCUT2D eigenvalue weighted by Crippen LogP contribution is 2.42. The minimum atomic E-state index is -0.541. The average molecular weight is 476 g/mol. The molecule has 0 radical (unpaired) electrons. The number of carbonyl (C=O) groups excluding carboxylic acids is 2. The van der Waals surface area contributed by atoms with Gasteiger partial charge in [0.05, 0.1) is 5.25 Å². The van der Waals surface area contributed by atoms with E-state index in [-0.39, 0.29) is 11.5 Å². The first-order valence-electron chi connectivity index (χ1n) is 11.2. The Labute approximate surface area is 207 Å². The van der Waals surface area contributed by atoms with Crippen molar-refractivity contribution in [3.05, 3.63) is 119 Å². The van der Waals surface area contributed by atoms with Gasteiger partial charge in [0.25, 0.3) is 5.91 Å². The van der Waals surface area contributed by atoms with Crippen LogP contribution < -0.4 is 10.2 Å². The Morgan fingerprint density at radius 3 is 2.29 bits per heavy atom. The Morgan fingerprint density at radius 1 is 0.886 bits per heavy atom. The fourth-order valence-electron chi connectivity index (χ4n) is 4.15. The third-order valence-electron chi connectivity index (χ3n) is 5.82. The molecule has 0 aromatic heterocycles. The molecule has 5 rings (SSSR count). The Kier molecular flexibility index (Phi) is 6.34. The van der Waals surface area contributed by atoms with Crippen LogP contribution in [0.4, 0.5) is 11.4 Å². The largest absolute Gasteiger partial charge is 0.321 e. The van der Waals surface area contributed by atoms with Gasteiger partial charge >= 0.3 is 0 Å². The molecule has 1 saturated heterocycles. The van der Waals surface area contributed by atoms with E-state index in [1.165, 1.54) is 16.7 Å². The number of carbonyl (C=O) groups is 2. The molecule has 1 unspecified atom stereocenters. The summed E-state index contributed by atoms with van der Waals surface area (Å²) in [4.78, 5) is 28.4. The van der Waals surface area contributed by atoms with E-state index in [2.05, 4.69) is 11.4 Å². The number of nitrogens with zero attached hydrogens (tertiary/aromatic N) is 2. The number of hydrogen-bond acceptors (Lipinski definition) is 4. The zero-order valence-electron chi connectivity index (χ0n) is 18.7. The van der Waals surface area contributed by atoms with Crippen LogP contribution in [-0.2, 0) is 16.0 Å². The van der Waals surface area contributed by atoms with E-state index in [0.717, 1.165) is 16.3 Å². The molecule has 1 heterocycles. The molecule has 0 spiro atoms. The molecule has 1 N–H and O–H groups in total. The van der Waals surface area contributed by atoms with Gasteiger partial charge in [-0.25, -0.2) is 0 Å². The van der Waals surface area contributed by atoms with Crippen molar-refractivity contribution in [2.75, 3.05) is 10.2 Å². The first-order chi connectivity index (χ1) is 17.2. The maximum absolute atomic E-state index is 13.5. The van der Waals surface area contributed by atoms with Crippen LogP contribution in [-0.4, -0.2) is 17.1 Å². The van der Waals surface area contributed by atoms with Crippen molar-refractivity contribution in [1.29, 1.82) is 5.26 Å². The van der Waals surface area contributed by atoms with Crippen LogP contribution in [0.1, 0.15) is 5.56 Å². The molecule has 4 aromatic carbocycles. The summed E-state index contributed by atoms with van der Waals surface area (Å²) in [6, 6.07) is 34.3. The lowest BCUT2D eigenvalue weighted by atomic mass is 10.1. The molecule has 1 fully saturated rings. The summed E-state index contributed by atoms with van der Waals surface area (Å²) >= 11 is 1.26. The summed E-state index contributed by atoms with van der Waals surface area (Å²) in [5, 5.41) is 14.7. The van der Waals surface area contributed by atoms with E-state index in [4.69, 9.17) is 0 Å². The second-order valence-corrected chi connectivity index (χ2v) is 9.27. The molecule has 5 nitrogen and oxygen atoms in total. The molecular weight excluding hydrogens is 454 g/mol. The number of para-hydroxylation sites is 1. The standard InChI is InChI=1S/C29H21N3O2S/c30-19-24(27(33)31-25-17-9-13-21-12-7-8-16-23(21)25)29-32(22-14-5-2-6-15-22)28(34)26(35-29)18-20-10-3-1-4-11-20/h1-17,26H,18H2,(H,31,33). The van der Waals surface area contributed by atoms with E-state index < -0.39 is 11.2 Å². The van der Waals surface area contributed by atoms with Gasteiger partial charge in [0.1, 0.15) is 16.7 Å². The third kappa shape index (κ3) is 4.54. The van der Waals surface area contributed by atoms with Gasteiger partial charge in [-0.1, -0.05) is 96.7 Å². The lowest BCUT2D eigenvalue weighted by Gasteiger charge is -2.18. The number of thioether (sulfide) groups is 1. The van der Waals surface area contributed by atoms with E-state index in [0.29, 0.717) is 22.8 Å². The van der Waals surface area contributed by atoms with Crippen molar-refractivity contribution >= 4 is 45.7 Å². The van der Waals surface area contributed by atoms with Gasteiger partial charge in [-0.2, -0.15) is 5.26 Å². The van der Waals surface area contributed by atoms with Crippen LogP contribution >= 0.6 is 11.8 Å². The Balaban J connectivity index is 1.53. The molecule has 0 aliphatic carbocycles. The summed E-state index contributed by atoms with van der Waals surface area (Å²) in [6.07, 6.45) is 0.501. The first-order valence-corrected chi connectivity index (χ1v) is 12.1. The van der Waals surface area contributed by atoms with Gasteiger partial charge < -0.3 is 5.32 Å². The SMILES string of the molecule is N#CC(C(=O)Nc1cccc2ccccc12)=C1SC(Cc2ccccc2)C(=O)N1c1ccccc1. The van der Waals surface area contributed by atoms with Gasteiger partial charge in [0.15, 0.2) is 0 Å². The highest BCUT2D eigenvalue weighted by molar-refractivity contribution is 8.05. The number of amides is 2. The lowest BCUT2D eigenvalue weighted by Crippen LogP contribution is -2.30. The fraction of sp³-hybridized carbons (Fsp3) is 0.0690. The van der Waals surface area contributed by atoms with Gasteiger partial charge in [-0.05, 0) is 35.6 Å². The number of rotatable bonds is 5. The van der Waals surface area contributed by atoms with Crippen LogP contribution in [0.15, 0.2) is 114 Å². The van der Waals surface area contributed by atoms with E-state index in [1.807, 2.05) is 84.9 Å². The molecule has 1 atom stereocenters. The van der Waals surface area contributed by atoms with Crippen molar-refractivity contribution in [2.24, 2.45) is 0 Å². The van der Waals surface area contributed by atoms with Crippen LogP contribution in [0.25, 0.3) is 10.8 Å². The van der Waals surface area contributed by atoms with Crippen LogP contribution in [0, 0.1) is 11.3 Å². The second kappa shape index (κ2) is 9.88. The van der Waals surface area contributed by atoms with Crippen LogP contribution in [0.2, 0.25) is 0 Å². The number of fused-ring (bicyclic) bond motifs is 1. The molecular formula is C29H21N3O2S. The van der Waals surface area contributed by atoms with E-state index in [1.54, 1.807) is 18.2 Å². The molecule has 1 aliphatic rings. The summed E-state index contributed by atoms with van der Waals surface area (Å²) in [6.45, 7) is 0. The number of anilines is 2. The second-order valence-electron chi connectivity index (χ2n) is 8.08. The number of benzene rings is 4. The highest BCUT2D eigenvalue weighted by Gasteiger charge is 2.40. The zero-order valence-corrected chi connectivity index (χ0v) is 19.5. The zero-order chi connectivity index (χ0) is 24.2. The van der Waals surface area contributed by atoms with E-state index >= 15 is 0 Å².